The molecule has 0 aliphatic carbocycles. The number of hydrogen-bond donors (Lipinski definition) is 2. The second-order valence-electron chi connectivity index (χ2n) is 3.75. The first-order valence-electron chi connectivity index (χ1n) is 5.37. The number of nitrogens with zero attached hydrogens (tertiary/aromatic N) is 2. The maximum atomic E-state index is 13.4. The summed E-state index contributed by atoms with van der Waals surface area (Å²) in [5.41, 5.74) is 6.36. The van der Waals surface area contributed by atoms with Crippen LogP contribution >= 0.6 is 12.2 Å². The molecule has 2 aromatic rings. The Hall–Kier alpha value is -2.15. The number of halogens is 2. The van der Waals surface area contributed by atoms with Gasteiger partial charge in [0, 0.05) is 18.2 Å². The van der Waals surface area contributed by atoms with E-state index in [1.807, 2.05) is 0 Å². The Kier molecular flexibility index (Phi) is 3.96. The van der Waals surface area contributed by atoms with Gasteiger partial charge in [-0.25, -0.2) is 8.78 Å². The van der Waals surface area contributed by atoms with Crippen LogP contribution in [0.1, 0.15) is 11.1 Å². The molecule has 1 aromatic heterocycles. The lowest BCUT2D eigenvalue weighted by atomic mass is 10.2. The van der Waals surface area contributed by atoms with Crippen molar-refractivity contribution in [1.82, 2.24) is 10.2 Å². The van der Waals surface area contributed by atoms with Gasteiger partial charge in [0.1, 0.15) is 16.6 Å². The van der Waals surface area contributed by atoms with Crippen molar-refractivity contribution in [2.45, 2.75) is 6.54 Å². The van der Waals surface area contributed by atoms with Crippen LogP contribution in [-0.2, 0) is 6.54 Å². The number of rotatable bonds is 4. The van der Waals surface area contributed by atoms with Crippen molar-refractivity contribution in [3.63, 3.8) is 0 Å². The predicted molar refractivity (Wildman–Crippen MR) is 71.6 cm³/mol. The highest BCUT2D eigenvalue weighted by atomic mass is 32.1. The molecule has 98 valence electrons. The van der Waals surface area contributed by atoms with Gasteiger partial charge in [-0.15, -0.1) is 5.10 Å². The first kappa shape index (κ1) is 13.3. The van der Waals surface area contributed by atoms with E-state index in [4.69, 9.17) is 18.0 Å². The third-order valence-electron chi connectivity index (χ3n) is 2.45. The predicted octanol–water partition coefficient (Wildman–Crippen LogP) is 2.00. The van der Waals surface area contributed by atoms with Crippen molar-refractivity contribution in [2.75, 3.05) is 5.32 Å². The molecule has 4 nitrogen and oxygen atoms in total. The van der Waals surface area contributed by atoms with Gasteiger partial charge in [0.05, 0.1) is 11.8 Å². The zero-order valence-electron chi connectivity index (χ0n) is 9.73. The normalized spacial score (nSPS) is 10.2. The maximum Gasteiger partial charge on any atom is 0.159 e. The van der Waals surface area contributed by atoms with Crippen LogP contribution in [0.4, 0.5) is 14.6 Å². The van der Waals surface area contributed by atoms with E-state index in [9.17, 15) is 8.78 Å². The summed E-state index contributed by atoms with van der Waals surface area (Å²) in [6, 6.07) is 4.97. The summed E-state index contributed by atoms with van der Waals surface area (Å²) in [4.78, 5) is 0.164. The van der Waals surface area contributed by atoms with Crippen LogP contribution in [0.15, 0.2) is 30.5 Å². The van der Waals surface area contributed by atoms with Crippen LogP contribution < -0.4 is 11.1 Å². The molecule has 1 aromatic carbocycles. The average molecular weight is 280 g/mol. The second-order valence-corrected chi connectivity index (χ2v) is 4.19. The zero-order valence-corrected chi connectivity index (χ0v) is 10.5. The molecule has 0 bridgehead atoms. The first-order valence-corrected chi connectivity index (χ1v) is 5.78. The van der Waals surface area contributed by atoms with E-state index in [1.165, 1.54) is 18.3 Å². The van der Waals surface area contributed by atoms with Crippen LogP contribution in [0.5, 0.6) is 0 Å². The van der Waals surface area contributed by atoms with E-state index in [1.54, 1.807) is 6.07 Å². The van der Waals surface area contributed by atoms with Gasteiger partial charge in [0.2, 0.25) is 0 Å². The second kappa shape index (κ2) is 5.66. The van der Waals surface area contributed by atoms with Gasteiger partial charge < -0.3 is 11.1 Å². The molecular weight excluding hydrogens is 270 g/mol. The number of nitrogens with two attached hydrogens (primary N) is 1. The molecule has 0 aliphatic heterocycles. The number of nitrogens with one attached hydrogen (secondary N) is 1. The van der Waals surface area contributed by atoms with E-state index in [0.29, 0.717) is 16.9 Å². The fraction of sp³-hybridized carbons (Fsp3) is 0.0833. The molecule has 7 heteroatoms. The number of benzene rings is 1. The van der Waals surface area contributed by atoms with Crippen LogP contribution in [-0.4, -0.2) is 15.2 Å². The largest absolute Gasteiger partial charge is 0.389 e. The molecule has 0 saturated carbocycles. The molecule has 3 N–H and O–H groups in total. The summed E-state index contributed by atoms with van der Waals surface area (Å²) in [6.45, 7) is 0.125. The van der Waals surface area contributed by atoms with E-state index >= 15 is 0 Å². The molecular formula is C12H10F2N4S. The summed E-state index contributed by atoms with van der Waals surface area (Å²) in [5.74, 6) is -0.892. The van der Waals surface area contributed by atoms with Crippen LogP contribution in [0.2, 0.25) is 0 Å². The van der Waals surface area contributed by atoms with Crippen molar-refractivity contribution in [2.24, 2.45) is 5.73 Å². The Morgan fingerprint density at radius 1 is 1.32 bits per heavy atom. The Morgan fingerprint density at radius 3 is 2.79 bits per heavy atom. The number of anilines is 1. The molecule has 0 radical (unpaired) electrons. The van der Waals surface area contributed by atoms with Gasteiger partial charge in [0.25, 0.3) is 0 Å². The Balaban J connectivity index is 2.17. The fourth-order valence-electron chi connectivity index (χ4n) is 1.51. The molecule has 0 fully saturated rings. The molecule has 0 atom stereocenters. The SMILES string of the molecule is NC(=S)c1ccnnc1NCc1ccc(F)cc1F. The van der Waals surface area contributed by atoms with Crippen molar-refractivity contribution >= 4 is 23.0 Å². The highest BCUT2D eigenvalue weighted by Gasteiger charge is 2.08. The van der Waals surface area contributed by atoms with Gasteiger partial charge in [-0.3, -0.25) is 0 Å². The van der Waals surface area contributed by atoms with Gasteiger partial charge in [-0.05, 0) is 12.1 Å². The minimum absolute atomic E-state index is 0.125. The molecule has 19 heavy (non-hydrogen) atoms. The maximum absolute atomic E-state index is 13.4. The Morgan fingerprint density at radius 2 is 2.11 bits per heavy atom. The molecule has 0 aliphatic rings. The third-order valence-corrected chi connectivity index (χ3v) is 2.67. The van der Waals surface area contributed by atoms with E-state index in [2.05, 4.69) is 15.5 Å². The van der Waals surface area contributed by atoms with Crippen LogP contribution in [0, 0.1) is 11.6 Å². The Bertz CT molecular complexity index is 618. The Labute approximate surface area is 113 Å². The summed E-state index contributed by atoms with van der Waals surface area (Å²) >= 11 is 4.87. The third kappa shape index (κ3) is 3.19. The summed E-state index contributed by atoms with van der Waals surface area (Å²) in [5, 5.41) is 10.4. The lowest BCUT2D eigenvalue weighted by Crippen LogP contribution is -2.15. The van der Waals surface area contributed by atoms with E-state index < -0.39 is 11.6 Å². The van der Waals surface area contributed by atoms with Crippen LogP contribution in [0.25, 0.3) is 0 Å². The van der Waals surface area contributed by atoms with Crippen molar-refractivity contribution in [1.29, 1.82) is 0 Å². The quantitative estimate of drug-likeness (QED) is 0.839. The van der Waals surface area contributed by atoms with Crippen molar-refractivity contribution in [3.05, 3.63) is 53.2 Å². The molecule has 1 heterocycles. The smallest absolute Gasteiger partial charge is 0.159 e. The van der Waals surface area contributed by atoms with Gasteiger partial charge >= 0.3 is 0 Å². The summed E-state index contributed by atoms with van der Waals surface area (Å²) < 4.78 is 26.2. The lowest BCUT2D eigenvalue weighted by Gasteiger charge is -2.09. The summed E-state index contributed by atoms with van der Waals surface area (Å²) in [7, 11) is 0. The minimum Gasteiger partial charge on any atom is -0.389 e. The summed E-state index contributed by atoms with van der Waals surface area (Å²) in [6.07, 6.45) is 1.46. The fourth-order valence-corrected chi connectivity index (χ4v) is 1.67. The number of aromatic nitrogens is 2. The molecule has 0 saturated heterocycles. The molecule has 0 spiro atoms. The van der Waals surface area contributed by atoms with E-state index in [0.717, 1.165) is 6.07 Å². The number of thiocarbonyl (C=S) groups is 1. The lowest BCUT2D eigenvalue weighted by molar-refractivity contribution is 0.574. The van der Waals surface area contributed by atoms with E-state index in [-0.39, 0.29) is 11.5 Å². The number of hydrogen-bond acceptors (Lipinski definition) is 4. The first-order chi connectivity index (χ1) is 9.08. The average Bonchev–Trinajstić information content (AvgIpc) is 2.38. The molecule has 0 unspecified atom stereocenters. The standard InChI is InChI=1S/C12H10F2N4S/c13-8-2-1-7(10(14)5-8)6-16-12-9(11(15)19)3-4-17-18-12/h1-5H,6H2,(H2,15,19)(H,16,18). The monoisotopic (exact) mass is 280 g/mol. The minimum atomic E-state index is -0.631. The zero-order chi connectivity index (χ0) is 13.8. The topological polar surface area (TPSA) is 63.8 Å². The van der Waals surface area contributed by atoms with Crippen LogP contribution in [0.3, 0.4) is 0 Å². The highest BCUT2D eigenvalue weighted by Crippen LogP contribution is 2.14. The molecule has 2 rings (SSSR count). The van der Waals surface area contributed by atoms with Crippen molar-refractivity contribution in [3.8, 4) is 0 Å². The van der Waals surface area contributed by atoms with Gasteiger partial charge in [-0.2, -0.15) is 5.10 Å². The van der Waals surface area contributed by atoms with Gasteiger partial charge in [0.15, 0.2) is 5.82 Å². The highest BCUT2D eigenvalue weighted by molar-refractivity contribution is 7.80. The van der Waals surface area contributed by atoms with Crippen molar-refractivity contribution < 1.29 is 8.78 Å². The van der Waals surface area contributed by atoms with Gasteiger partial charge in [-0.1, -0.05) is 18.3 Å². The molecule has 0 amide bonds.